The fourth-order valence-corrected chi connectivity index (χ4v) is 2.84. The average Bonchev–Trinajstić information content (AvgIpc) is 2.55. The molecule has 2 rings (SSSR count). The van der Waals surface area contributed by atoms with E-state index in [1.807, 2.05) is 49.4 Å². The normalized spacial score (nSPS) is 14.6. The Hall–Kier alpha value is -1.20. The Labute approximate surface area is 147 Å². The molecule has 0 saturated carbocycles. The van der Waals surface area contributed by atoms with Crippen molar-refractivity contribution in [3.8, 4) is 0 Å². The molecule has 0 spiro atoms. The Bertz CT molecular complexity index is 704. The van der Waals surface area contributed by atoms with E-state index in [1.54, 1.807) is 12.1 Å². The van der Waals surface area contributed by atoms with Gasteiger partial charge in [-0.05, 0) is 37.2 Å². The van der Waals surface area contributed by atoms with Gasteiger partial charge in [0, 0.05) is 11.6 Å². The summed E-state index contributed by atoms with van der Waals surface area (Å²) in [4.78, 5) is 18.3. The smallest absolute Gasteiger partial charge is 0.364 e. The van der Waals surface area contributed by atoms with Crippen molar-refractivity contribution in [1.29, 1.82) is 0 Å². The molecule has 0 bridgehead atoms. The van der Waals surface area contributed by atoms with Gasteiger partial charge in [0.15, 0.2) is 0 Å². The maximum atomic E-state index is 11.2. The first-order valence-corrected chi connectivity index (χ1v) is 9.40. The third-order valence-electron chi connectivity index (χ3n) is 3.97. The van der Waals surface area contributed by atoms with E-state index in [9.17, 15) is 4.57 Å². The predicted octanol–water partition coefficient (Wildman–Crippen LogP) is 3.64. The summed E-state index contributed by atoms with van der Waals surface area (Å²) in [5, 5.41) is 0.635. The van der Waals surface area contributed by atoms with Crippen LogP contribution in [0.1, 0.15) is 18.1 Å². The summed E-state index contributed by atoms with van der Waals surface area (Å²) < 4.78 is 18.3. The van der Waals surface area contributed by atoms with Gasteiger partial charge in [0.2, 0.25) is 0 Å². The third-order valence-corrected chi connectivity index (χ3v) is 5.31. The molecule has 0 fully saturated rings. The lowest BCUT2D eigenvalue weighted by atomic mass is 9.88. The average molecular weight is 370 g/mol. The van der Waals surface area contributed by atoms with Crippen LogP contribution in [0.3, 0.4) is 0 Å². The lowest BCUT2D eigenvalue weighted by molar-refractivity contribution is -0.00814. The van der Waals surface area contributed by atoms with Gasteiger partial charge in [-0.25, -0.2) is 9.24 Å². The molecule has 0 amide bonds. The zero-order valence-corrected chi connectivity index (χ0v) is 15.2. The van der Waals surface area contributed by atoms with Gasteiger partial charge in [-0.2, -0.15) is 0 Å². The van der Waals surface area contributed by atoms with Crippen LogP contribution in [0.4, 0.5) is 0 Å². The Balaban J connectivity index is 2.24. The molecule has 5 nitrogen and oxygen atoms in total. The highest BCUT2D eigenvalue weighted by Crippen LogP contribution is 2.38. The van der Waals surface area contributed by atoms with Crippen molar-refractivity contribution in [2.75, 3.05) is 20.2 Å². The lowest BCUT2D eigenvalue weighted by Crippen LogP contribution is -2.31. The highest BCUT2D eigenvalue weighted by atomic mass is 35.5. The minimum absolute atomic E-state index is 0.111. The lowest BCUT2D eigenvalue weighted by Gasteiger charge is -2.32. The second kappa shape index (κ2) is 7.79. The summed E-state index contributed by atoms with van der Waals surface area (Å²) in [6, 6.07) is 17.1. The molecule has 24 heavy (non-hydrogen) atoms. The van der Waals surface area contributed by atoms with E-state index < -0.39 is 13.3 Å². The molecule has 2 aromatic rings. The van der Waals surface area contributed by atoms with Crippen LogP contribution >= 0.6 is 19.3 Å². The maximum Gasteiger partial charge on any atom is 0.402 e. The highest BCUT2D eigenvalue weighted by molar-refractivity contribution is 7.49. The molecule has 0 saturated heterocycles. The van der Waals surface area contributed by atoms with E-state index in [-0.39, 0.29) is 13.2 Å². The van der Waals surface area contributed by atoms with Gasteiger partial charge in [-0.3, -0.25) is 0 Å². The largest absolute Gasteiger partial charge is 0.402 e. The topological polar surface area (TPSA) is 70.0 Å². The summed E-state index contributed by atoms with van der Waals surface area (Å²) in [6.45, 7) is 2.21. The number of hydrogen-bond acceptors (Lipinski definition) is 2. The Morgan fingerprint density at radius 1 is 1.08 bits per heavy atom. The third kappa shape index (κ3) is 4.67. The minimum Gasteiger partial charge on any atom is -0.364 e. The molecule has 0 aromatic heterocycles. The van der Waals surface area contributed by atoms with Crippen molar-refractivity contribution in [3.05, 3.63) is 70.7 Å². The summed E-state index contributed by atoms with van der Waals surface area (Å²) in [6.07, 6.45) is 0. The van der Waals surface area contributed by atoms with Gasteiger partial charge in [0.1, 0.15) is 5.60 Å². The number of nitrogens with zero attached hydrogens (tertiary/aromatic N) is 1. The standard InChI is InChI=1S/C17H21ClNO4P/c1-17(14-6-4-3-5-7-14,15-8-10-16(18)11-9-15)23-13-12-19(2)24(20,21)22/h3-11H,12-13H2,1-2H3,(H2,20,21,22). The summed E-state index contributed by atoms with van der Waals surface area (Å²) in [5.41, 5.74) is 1.12. The predicted molar refractivity (Wildman–Crippen MR) is 95.0 cm³/mol. The molecule has 2 N–H and O–H groups in total. The van der Waals surface area contributed by atoms with Crippen LogP contribution in [0.15, 0.2) is 54.6 Å². The molecule has 2 aromatic carbocycles. The van der Waals surface area contributed by atoms with E-state index >= 15 is 0 Å². The quantitative estimate of drug-likeness (QED) is 0.729. The van der Waals surface area contributed by atoms with E-state index in [0.717, 1.165) is 15.8 Å². The number of benzene rings is 2. The van der Waals surface area contributed by atoms with Crippen LogP contribution in [0.25, 0.3) is 0 Å². The van der Waals surface area contributed by atoms with Crippen molar-refractivity contribution >= 4 is 19.3 Å². The van der Waals surface area contributed by atoms with Gasteiger partial charge in [0.25, 0.3) is 0 Å². The molecule has 7 heteroatoms. The van der Waals surface area contributed by atoms with Crippen LogP contribution in [0, 0.1) is 0 Å². The molecule has 0 aliphatic heterocycles. The molecule has 0 heterocycles. The van der Waals surface area contributed by atoms with E-state index in [4.69, 9.17) is 26.1 Å². The van der Waals surface area contributed by atoms with E-state index in [2.05, 4.69) is 0 Å². The zero-order chi connectivity index (χ0) is 17.8. The SMILES string of the molecule is CN(CCOC(C)(c1ccccc1)c1ccc(Cl)cc1)P(=O)(O)O. The molecular formula is C17H21ClNO4P. The molecule has 0 radical (unpaired) electrons. The Morgan fingerprint density at radius 2 is 1.62 bits per heavy atom. The fraction of sp³-hybridized carbons (Fsp3) is 0.294. The first-order valence-electron chi connectivity index (χ1n) is 7.46. The van der Waals surface area contributed by atoms with Crippen LogP contribution in [0.2, 0.25) is 5.02 Å². The molecule has 0 aliphatic carbocycles. The van der Waals surface area contributed by atoms with Crippen LogP contribution in [0.5, 0.6) is 0 Å². The van der Waals surface area contributed by atoms with Gasteiger partial charge in [-0.1, -0.05) is 54.1 Å². The van der Waals surface area contributed by atoms with Crippen molar-refractivity contribution in [2.24, 2.45) is 0 Å². The highest BCUT2D eigenvalue weighted by Gasteiger charge is 2.30. The molecule has 130 valence electrons. The zero-order valence-electron chi connectivity index (χ0n) is 13.6. The molecule has 0 aliphatic rings. The number of ether oxygens (including phenoxy) is 1. The fourth-order valence-electron chi connectivity index (χ4n) is 2.37. The van der Waals surface area contributed by atoms with Crippen molar-refractivity contribution < 1.29 is 19.1 Å². The summed E-state index contributed by atoms with van der Waals surface area (Å²) in [7, 11) is -2.89. The number of rotatable bonds is 7. The van der Waals surface area contributed by atoms with E-state index in [1.165, 1.54) is 7.05 Å². The number of halogens is 1. The Kier molecular flexibility index (Phi) is 6.21. The van der Waals surface area contributed by atoms with Crippen LogP contribution in [-0.2, 0) is 14.9 Å². The van der Waals surface area contributed by atoms with E-state index in [0.29, 0.717) is 5.02 Å². The minimum atomic E-state index is -4.25. The number of hydrogen-bond donors (Lipinski definition) is 2. The Morgan fingerprint density at radius 3 is 2.17 bits per heavy atom. The van der Waals surface area contributed by atoms with Gasteiger partial charge in [0.05, 0.1) is 6.61 Å². The monoisotopic (exact) mass is 369 g/mol. The first kappa shape index (κ1) is 19.1. The second-order valence-corrected chi connectivity index (χ2v) is 7.79. The van der Waals surface area contributed by atoms with Crippen molar-refractivity contribution in [2.45, 2.75) is 12.5 Å². The van der Waals surface area contributed by atoms with Crippen molar-refractivity contribution in [1.82, 2.24) is 4.67 Å². The van der Waals surface area contributed by atoms with Crippen molar-refractivity contribution in [3.63, 3.8) is 0 Å². The van der Waals surface area contributed by atoms with Gasteiger partial charge < -0.3 is 14.5 Å². The molecule has 1 atom stereocenters. The summed E-state index contributed by atoms with van der Waals surface area (Å²) in [5.74, 6) is 0. The summed E-state index contributed by atoms with van der Waals surface area (Å²) >= 11 is 5.97. The number of likely N-dealkylation sites (N-methyl/N-ethyl adjacent to an activating group) is 1. The van der Waals surface area contributed by atoms with Crippen LogP contribution < -0.4 is 0 Å². The molecule has 1 unspecified atom stereocenters. The molecular weight excluding hydrogens is 349 g/mol. The van der Waals surface area contributed by atoms with Gasteiger partial charge in [-0.15, -0.1) is 0 Å². The second-order valence-electron chi connectivity index (χ2n) is 5.65. The first-order chi connectivity index (χ1) is 11.2. The van der Waals surface area contributed by atoms with Crippen LogP contribution in [-0.4, -0.2) is 34.7 Å². The maximum absolute atomic E-state index is 11.2. The van der Waals surface area contributed by atoms with Gasteiger partial charge >= 0.3 is 7.75 Å².